The van der Waals surface area contributed by atoms with E-state index in [9.17, 15) is 24.3 Å². The molecule has 328 valence electrons. The summed E-state index contributed by atoms with van der Waals surface area (Å²) in [5.41, 5.74) is -0.407. The molecule has 1 aromatic heterocycles. The summed E-state index contributed by atoms with van der Waals surface area (Å²) < 4.78 is 31.2. The van der Waals surface area contributed by atoms with Crippen molar-refractivity contribution in [3.8, 4) is 11.3 Å². The van der Waals surface area contributed by atoms with Crippen LogP contribution in [0.25, 0.3) is 17.3 Å². The van der Waals surface area contributed by atoms with Crippen molar-refractivity contribution in [1.82, 2.24) is 25.5 Å². The van der Waals surface area contributed by atoms with Crippen LogP contribution in [0.3, 0.4) is 0 Å². The number of amides is 1. The number of aliphatic hydroxyl groups excluding tert-OH is 1. The highest BCUT2D eigenvalue weighted by molar-refractivity contribution is 7.80. The van der Waals surface area contributed by atoms with E-state index in [0.717, 1.165) is 16.8 Å². The number of Topliss-reactive ketones (excluding diaryl/α,β-unsaturated/α-hetero) is 2. The van der Waals surface area contributed by atoms with Gasteiger partial charge in [0.05, 0.1) is 24.0 Å². The lowest BCUT2D eigenvalue weighted by atomic mass is 9.73. The van der Waals surface area contributed by atoms with E-state index in [-0.39, 0.29) is 36.1 Å². The molecule has 3 aliphatic rings. The second-order valence-electron chi connectivity index (χ2n) is 17.1. The Labute approximate surface area is 358 Å². The number of nitrogens with zero attached hydrogens (tertiary/aromatic N) is 3. The third-order valence-corrected chi connectivity index (χ3v) is 12.4. The lowest BCUT2D eigenvalue weighted by molar-refractivity contribution is -0.292. The Kier molecular flexibility index (Phi) is 15.2. The second-order valence-corrected chi connectivity index (χ2v) is 17.4. The number of hydrogen-bond donors (Lipinski definition) is 3. The normalized spacial score (nSPS) is 35.6. The van der Waals surface area contributed by atoms with E-state index in [1.54, 1.807) is 59.3 Å². The first kappa shape index (κ1) is 46.7. The molecule has 13 atom stereocenters. The largest absolute Gasteiger partial charge is 0.459 e. The summed E-state index contributed by atoms with van der Waals surface area (Å²) in [4.78, 5) is 67.0. The minimum absolute atomic E-state index is 0.0640. The summed E-state index contributed by atoms with van der Waals surface area (Å²) in [6, 6.07) is 6.62. The molecule has 0 saturated carbocycles. The van der Waals surface area contributed by atoms with Gasteiger partial charge in [-0.05, 0) is 78.8 Å². The van der Waals surface area contributed by atoms with Crippen molar-refractivity contribution >= 4 is 47.1 Å². The number of ether oxygens (including phenoxy) is 5. The molecular formula is C44H61N5O10S. The Morgan fingerprint density at radius 1 is 1.07 bits per heavy atom. The van der Waals surface area contributed by atoms with Gasteiger partial charge in [0.15, 0.2) is 17.7 Å². The Hall–Kier alpha value is -4.35. The van der Waals surface area contributed by atoms with Crippen LogP contribution in [0, 0.1) is 23.7 Å². The van der Waals surface area contributed by atoms with Crippen molar-refractivity contribution in [2.45, 2.75) is 129 Å². The van der Waals surface area contributed by atoms with E-state index in [1.165, 1.54) is 6.92 Å². The van der Waals surface area contributed by atoms with Gasteiger partial charge in [-0.3, -0.25) is 24.4 Å². The number of likely N-dealkylation sites (N-methyl/N-ethyl adjacent to an activating group) is 1. The summed E-state index contributed by atoms with van der Waals surface area (Å²) in [7, 11) is 3.68. The lowest BCUT2D eigenvalue weighted by Crippen LogP contribution is -2.60. The van der Waals surface area contributed by atoms with E-state index in [0.29, 0.717) is 12.8 Å². The van der Waals surface area contributed by atoms with Gasteiger partial charge in [-0.2, -0.15) is 0 Å². The zero-order valence-electron chi connectivity index (χ0n) is 36.2. The molecule has 2 aromatic rings. The van der Waals surface area contributed by atoms with Crippen LogP contribution in [-0.4, -0.2) is 123 Å². The number of cyclic esters (lactones) is 1. The molecule has 0 bridgehead atoms. The number of rotatable bonds is 9. The molecular weight excluding hydrogens is 791 g/mol. The molecule has 0 spiro atoms. The number of aromatic nitrogens is 2. The fourth-order valence-electron chi connectivity index (χ4n) is 8.88. The minimum Gasteiger partial charge on any atom is -0.459 e. The zero-order valence-corrected chi connectivity index (χ0v) is 37.1. The van der Waals surface area contributed by atoms with Crippen LogP contribution in [0.4, 0.5) is 4.79 Å². The third kappa shape index (κ3) is 10.4. The van der Waals surface area contributed by atoms with Crippen molar-refractivity contribution < 1.29 is 48.0 Å². The lowest BCUT2D eigenvalue weighted by Gasteiger charge is -2.47. The number of nitrogens with one attached hydrogen (secondary N) is 2. The van der Waals surface area contributed by atoms with Gasteiger partial charge in [0, 0.05) is 48.3 Å². The maximum Gasteiger partial charge on any atom is 0.408 e. The van der Waals surface area contributed by atoms with Crippen molar-refractivity contribution in [3.63, 3.8) is 0 Å². The Bertz CT molecular complexity index is 1880. The predicted octanol–water partition coefficient (Wildman–Crippen LogP) is 4.89. The monoisotopic (exact) mass is 851 g/mol. The van der Waals surface area contributed by atoms with Crippen LogP contribution >= 0.6 is 12.2 Å². The van der Waals surface area contributed by atoms with Gasteiger partial charge in [-0.1, -0.05) is 64.1 Å². The highest BCUT2D eigenvalue weighted by Crippen LogP contribution is 2.40. The van der Waals surface area contributed by atoms with Crippen molar-refractivity contribution in [2.24, 2.45) is 23.7 Å². The molecule has 60 heavy (non-hydrogen) atoms. The highest BCUT2D eigenvalue weighted by Gasteiger charge is 2.57. The fourth-order valence-corrected chi connectivity index (χ4v) is 9.19. The van der Waals surface area contributed by atoms with Crippen LogP contribution in [0.2, 0.25) is 0 Å². The van der Waals surface area contributed by atoms with E-state index in [2.05, 4.69) is 20.6 Å². The maximum absolute atomic E-state index is 14.5. The number of aliphatic hydroxyl groups is 1. The van der Waals surface area contributed by atoms with Crippen LogP contribution < -0.4 is 10.6 Å². The number of ketones is 2. The van der Waals surface area contributed by atoms with Crippen LogP contribution in [0.5, 0.6) is 0 Å². The Balaban J connectivity index is 1.48. The minimum atomic E-state index is -1.71. The summed E-state index contributed by atoms with van der Waals surface area (Å²) in [5, 5.41) is 17.5. The average molecular weight is 852 g/mol. The topological polar surface area (TPSA) is 188 Å². The van der Waals surface area contributed by atoms with Gasteiger partial charge in [0.2, 0.25) is 0 Å². The quantitative estimate of drug-likeness (QED) is 0.176. The molecule has 4 heterocycles. The molecule has 5 rings (SSSR count). The van der Waals surface area contributed by atoms with E-state index >= 15 is 0 Å². The number of benzene rings is 1. The van der Waals surface area contributed by atoms with E-state index < -0.39 is 83.4 Å². The molecule has 3 saturated heterocycles. The van der Waals surface area contributed by atoms with Crippen molar-refractivity contribution in [2.75, 3.05) is 20.6 Å². The summed E-state index contributed by atoms with van der Waals surface area (Å²) in [5.74, 6) is -5.48. The average Bonchev–Trinajstić information content (AvgIpc) is 3.53. The zero-order chi connectivity index (χ0) is 44.1. The van der Waals surface area contributed by atoms with Gasteiger partial charge in [-0.25, -0.2) is 4.79 Å². The highest BCUT2D eigenvalue weighted by atomic mass is 32.1. The standard InChI is InChI=1S/C44H61N5O10S/c1-11-33-44(8)37(48-42(60)59-44)26(4)34(50)24(2)22-43(7,58-41(54)47-18-12-13-29-14-16-30(17-15-29)31-23-45-19-20-46-31)38(27(5)35(51)28(6)39(53)56-33)57-40-36(52)32(49(9)10)21-25(3)55-40/h12-17,19-20,23-28,32-33,36-38,40,52H,11,18,21-22H2,1-10H3,(H,47,54)(H,48,60)/t24-,25-,26+,27+,28-,32+,33-,36-,37-,38-,40+,43-,44-/m1/s1. The molecule has 3 aliphatic heterocycles. The molecule has 1 amide bonds. The number of fused-ring (bicyclic) bond motifs is 1. The molecule has 16 heteroatoms. The Morgan fingerprint density at radius 3 is 2.40 bits per heavy atom. The van der Waals surface area contributed by atoms with Gasteiger partial charge < -0.3 is 44.3 Å². The molecule has 0 aliphatic carbocycles. The molecule has 15 nitrogen and oxygen atoms in total. The molecule has 0 radical (unpaired) electrons. The van der Waals surface area contributed by atoms with Crippen molar-refractivity contribution in [1.29, 1.82) is 0 Å². The molecule has 0 unspecified atom stereocenters. The second kappa shape index (κ2) is 19.6. The fraction of sp³-hybridized carbons (Fsp3) is 0.614. The third-order valence-electron chi connectivity index (χ3n) is 12.2. The first-order valence-electron chi connectivity index (χ1n) is 20.7. The number of carbonyl (C=O) groups excluding carboxylic acids is 4. The van der Waals surface area contributed by atoms with Gasteiger partial charge in [0.1, 0.15) is 35.6 Å². The maximum atomic E-state index is 14.5. The van der Waals surface area contributed by atoms with Gasteiger partial charge in [0.25, 0.3) is 5.17 Å². The Morgan fingerprint density at radius 2 is 1.77 bits per heavy atom. The van der Waals surface area contributed by atoms with Crippen LogP contribution in [-0.2, 0) is 38.1 Å². The molecule has 3 fully saturated rings. The number of thiocarbonyl (C=S) groups is 1. The number of carbonyl (C=O) groups is 4. The summed E-state index contributed by atoms with van der Waals surface area (Å²) in [6.07, 6.45) is 3.47. The van der Waals surface area contributed by atoms with Gasteiger partial charge >= 0.3 is 12.1 Å². The number of esters is 1. The first-order chi connectivity index (χ1) is 28.3. The smallest absolute Gasteiger partial charge is 0.408 e. The van der Waals surface area contributed by atoms with E-state index in [4.69, 9.17) is 35.9 Å². The summed E-state index contributed by atoms with van der Waals surface area (Å²) >= 11 is 5.42. The van der Waals surface area contributed by atoms with E-state index in [1.807, 2.05) is 63.2 Å². The predicted molar refractivity (Wildman–Crippen MR) is 227 cm³/mol. The van der Waals surface area contributed by atoms with Crippen LogP contribution in [0.1, 0.15) is 80.2 Å². The summed E-state index contributed by atoms with van der Waals surface area (Å²) in [6.45, 7) is 13.6. The number of alkyl carbamates (subject to hydrolysis) is 1. The number of hydrogen-bond acceptors (Lipinski definition) is 14. The van der Waals surface area contributed by atoms with Crippen LogP contribution in [0.15, 0.2) is 48.9 Å². The van der Waals surface area contributed by atoms with Crippen molar-refractivity contribution in [3.05, 3.63) is 54.5 Å². The SMILES string of the molecule is CC[C@H]1OC(=O)[C@H](C)C(=O)[C@H](C)[C@@H](O[C@@H]2O[C@H](C)C[C@H](N(C)C)[C@H]2O)[C@](C)(OC(=O)NCC=Cc2ccc(-c3cnccn3)cc2)C[C@@H](C)C(=O)[C@H](C)[C@H]2NC(=S)O[C@@]21C. The molecule has 3 N–H and O–H groups in total. The first-order valence-corrected chi connectivity index (χ1v) is 21.1. The molecule has 1 aromatic carbocycles. The van der Waals surface area contributed by atoms with Gasteiger partial charge in [-0.15, -0.1) is 0 Å².